The molecule has 4 rings (SSSR count). The van der Waals surface area contributed by atoms with Gasteiger partial charge in [0.2, 0.25) is 0 Å². The molecule has 1 aliphatic heterocycles. The van der Waals surface area contributed by atoms with Crippen LogP contribution in [0.4, 0.5) is 15.3 Å². The van der Waals surface area contributed by atoms with Gasteiger partial charge in [0.25, 0.3) is 5.91 Å². The molecule has 0 spiro atoms. The quantitative estimate of drug-likeness (QED) is 0.395. The molecule has 0 aliphatic carbocycles. The first-order valence-electron chi connectivity index (χ1n) is 14.2. The second-order valence-electron chi connectivity index (χ2n) is 12.4. The van der Waals surface area contributed by atoms with Gasteiger partial charge in [-0.1, -0.05) is 42.5 Å². The molecule has 1 aliphatic rings. The number of piperazine rings is 1. The van der Waals surface area contributed by atoms with E-state index < -0.39 is 29.4 Å². The van der Waals surface area contributed by atoms with E-state index in [1.807, 2.05) is 65.4 Å². The standard InChI is InChI=1S/C32H41N5O5/c1-31(2,3)41-29(39)35-17-18-36(30(40)42-32(4,5)6)27(22-35)28(38)37(21-24-11-8-7-9-12-24)26-14-10-13-25(19-26)20-34-16-15-33-23-34/h7-16,19,23,27H,17-18,20-22H2,1-6H3/t27-/m1/s1. The molecule has 10 nitrogen and oxygen atoms in total. The van der Waals surface area contributed by atoms with Crippen LogP contribution in [0.3, 0.4) is 0 Å². The summed E-state index contributed by atoms with van der Waals surface area (Å²) in [5.74, 6) is -0.322. The summed E-state index contributed by atoms with van der Waals surface area (Å²) in [6.07, 6.45) is 4.22. The zero-order valence-electron chi connectivity index (χ0n) is 25.3. The average Bonchev–Trinajstić information content (AvgIpc) is 3.43. The highest BCUT2D eigenvalue weighted by Crippen LogP contribution is 2.25. The first-order valence-corrected chi connectivity index (χ1v) is 14.2. The Morgan fingerprint density at radius 1 is 0.881 bits per heavy atom. The number of amides is 3. The minimum Gasteiger partial charge on any atom is -0.444 e. The molecule has 0 N–H and O–H groups in total. The summed E-state index contributed by atoms with van der Waals surface area (Å²) < 4.78 is 13.2. The van der Waals surface area contributed by atoms with E-state index in [1.165, 1.54) is 9.80 Å². The normalized spacial score (nSPS) is 15.7. The van der Waals surface area contributed by atoms with Crippen LogP contribution in [-0.2, 0) is 27.4 Å². The predicted octanol–water partition coefficient (Wildman–Crippen LogP) is 5.32. The fourth-order valence-electron chi connectivity index (χ4n) is 4.68. The molecular formula is C32H41N5O5. The van der Waals surface area contributed by atoms with Crippen molar-refractivity contribution in [2.45, 2.75) is 71.9 Å². The molecule has 0 radical (unpaired) electrons. The van der Waals surface area contributed by atoms with Crippen molar-refractivity contribution >= 4 is 23.8 Å². The molecule has 0 saturated carbocycles. The van der Waals surface area contributed by atoms with Crippen molar-refractivity contribution in [3.8, 4) is 0 Å². The van der Waals surface area contributed by atoms with Gasteiger partial charge >= 0.3 is 12.2 Å². The van der Waals surface area contributed by atoms with E-state index in [9.17, 15) is 14.4 Å². The number of carbonyl (C=O) groups excluding carboxylic acids is 3. The third-order valence-corrected chi connectivity index (χ3v) is 6.54. The maximum atomic E-state index is 14.5. The van der Waals surface area contributed by atoms with E-state index in [1.54, 1.807) is 59.0 Å². The molecular weight excluding hydrogens is 534 g/mol. The first kappa shape index (κ1) is 30.6. The van der Waals surface area contributed by atoms with Crippen LogP contribution in [0.5, 0.6) is 0 Å². The highest BCUT2D eigenvalue weighted by atomic mass is 16.6. The van der Waals surface area contributed by atoms with Crippen molar-refractivity contribution in [2.24, 2.45) is 0 Å². The molecule has 3 aromatic rings. The van der Waals surface area contributed by atoms with Gasteiger partial charge in [0.15, 0.2) is 0 Å². The predicted molar refractivity (Wildman–Crippen MR) is 160 cm³/mol. The average molecular weight is 576 g/mol. The van der Waals surface area contributed by atoms with Gasteiger partial charge in [-0.25, -0.2) is 14.6 Å². The maximum absolute atomic E-state index is 14.5. The number of aromatic nitrogens is 2. The largest absolute Gasteiger partial charge is 0.444 e. The monoisotopic (exact) mass is 575 g/mol. The number of rotatable bonds is 6. The van der Waals surface area contributed by atoms with Crippen LogP contribution in [0.2, 0.25) is 0 Å². The highest BCUT2D eigenvalue weighted by molar-refractivity contribution is 5.99. The third-order valence-electron chi connectivity index (χ3n) is 6.54. The summed E-state index contributed by atoms with van der Waals surface area (Å²) in [6, 6.07) is 16.4. The molecule has 2 aromatic carbocycles. The molecule has 1 aromatic heterocycles. The number of hydrogen-bond acceptors (Lipinski definition) is 6. The molecule has 2 heterocycles. The molecule has 10 heteroatoms. The highest BCUT2D eigenvalue weighted by Gasteiger charge is 2.42. The van der Waals surface area contributed by atoms with Crippen LogP contribution in [0.1, 0.15) is 52.7 Å². The molecule has 1 saturated heterocycles. The van der Waals surface area contributed by atoms with Gasteiger partial charge in [0, 0.05) is 37.7 Å². The van der Waals surface area contributed by atoms with Gasteiger partial charge in [-0.05, 0) is 64.8 Å². The lowest BCUT2D eigenvalue weighted by atomic mass is 10.1. The zero-order valence-corrected chi connectivity index (χ0v) is 25.3. The number of ether oxygens (including phenoxy) is 2. The Balaban J connectivity index is 1.70. The topological polar surface area (TPSA) is 97.2 Å². The van der Waals surface area contributed by atoms with Gasteiger partial charge in [0.1, 0.15) is 17.2 Å². The summed E-state index contributed by atoms with van der Waals surface area (Å²) in [5, 5.41) is 0. The van der Waals surface area contributed by atoms with E-state index >= 15 is 0 Å². The SMILES string of the molecule is CC(C)(C)OC(=O)N1CCN(C(=O)OC(C)(C)C)[C@@H](C(=O)N(Cc2ccccc2)c2cccc(Cn3ccnc3)c2)C1. The number of imidazole rings is 1. The Hall–Kier alpha value is -4.34. The number of hydrogen-bond donors (Lipinski definition) is 0. The van der Waals surface area contributed by atoms with Crippen molar-refractivity contribution in [1.29, 1.82) is 0 Å². The maximum Gasteiger partial charge on any atom is 0.411 e. The molecule has 1 atom stereocenters. The van der Waals surface area contributed by atoms with Gasteiger partial charge in [-0.2, -0.15) is 0 Å². The van der Waals surface area contributed by atoms with Crippen LogP contribution < -0.4 is 4.90 Å². The smallest absolute Gasteiger partial charge is 0.411 e. The van der Waals surface area contributed by atoms with Crippen molar-refractivity contribution in [2.75, 3.05) is 24.5 Å². The number of nitrogens with zero attached hydrogens (tertiary/aromatic N) is 5. The van der Waals surface area contributed by atoms with Crippen LogP contribution in [-0.4, -0.2) is 74.3 Å². The summed E-state index contributed by atoms with van der Waals surface area (Å²) in [5.41, 5.74) is 1.14. The van der Waals surface area contributed by atoms with Gasteiger partial charge < -0.3 is 23.8 Å². The second kappa shape index (κ2) is 12.7. The Bertz CT molecular complexity index is 1360. The fourth-order valence-corrected chi connectivity index (χ4v) is 4.68. The van der Waals surface area contributed by atoms with E-state index in [0.29, 0.717) is 12.2 Å². The van der Waals surface area contributed by atoms with Crippen molar-refractivity contribution in [3.63, 3.8) is 0 Å². The van der Waals surface area contributed by atoms with E-state index in [2.05, 4.69) is 4.98 Å². The molecule has 0 unspecified atom stereocenters. The van der Waals surface area contributed by atoms with E-state index in [-0.39, 0.29) is 32.1 Å². The Morgan fingerprint density at radius 3 is 2.19 bits per heavy atom. The number of carbonyl (C=O) groups is 3. The number of anilines is 1. The van der Waals surface area contributed by atoms with Gasteiger partial charge in [-0.15, -0.1) is 0 Å². The number of benzene rings is 2. The zero-order chi connectivity index (χ0) is 30.5. The summed E-state index contributed by atoms with van der Waals surface area (Å²) in [6.45, 7) is 11.9. The van der Waals surface area contributed by atoms with Crippen LogP contribution >= 0.6 is 0 Å². The van der Waals surface area contributed by atoms with Crippen molar-refractivity contribution in [3.05, 3.63) is 84.4 Å². The van der Waals surface area contributed by atoms with Crippen molar-refractivity contribution in [1.82, 2.24) is 19.4 Å². The summed E-state index contributed by atoms with van der Waals surface area (Å²) >= 11 is 0. The van der Waals surface area contributed by atoms with E-state index in [4.69, 9.17) is 9.47 Å². The summed E-state index contributed by atoms with van der Waals surface area (Å²) in [4.78, 5) is 49.7. The molecule has 224 valence electrons. The second-order valence-corrected chi connectivity index (χ2v) is 12.4. The molecule has 1 fully saturated rings. The van der Waals surface area contributed by atoms with Gasteiger partial charge in [-0.3, -0.25) is 9.69 Å². The van der Waals surface area contributed by atoms with Crippen LogP contribution in [0.15, 0.2) is 73.3 Å². The lowest BCUT2D eigenvalue weighted by molar-refractivity contribution is -0.126. The Morgan fingerprint density at radius 2 is 1.55 bits per heavy atom. The lowest BCUT2D eigenvalue weighted by Gasteiger charge is -2.42. The fraction of sp³-hybridized carbons (Fsp3) is 0.438. The van der Waals surface area contributed by atoms with Crippen LogP contribution in [0.25, 0.3) is 0 Å². The molecule has 0 bridgehead atoms. The van der Waals surface area contributed by atoms with Crippen LogP contribution in [0, 0.1) is 0 Å². The minimum absolute atomic E-state index is 0.0208. The third kappa shape index (κ3) is 8.34. The molecule has 3 amide bonds. The van der Waals surface area contributed by atoms with Gasteiger partial charge in [0.05, 0.1) is 19.4 Å². The Labute approximate surface area is 247 Å². The lowest BCUT2D eigenvalue weighted by Crippen LogP contribution is -2.63. The Kier molecular flexibility index (Phi) is 9.23. The molecule has 42 heavy (non-hydrogen) atoms. The van der Waals surface area contributed by atoms with E-state index in [0.717, 1.165) is 11.1 Å². The first-order chi connectivity index (χ1) is 19.8. The summed E-state index contributed by atoms with van der Waals surface area (Å²) in [7, 11) is 0. The van der Waals surface area contributed by atoms with Crippen molar-refractivity contribution < 1.29 is 23.9 Å². The minimum atomic E-state index is -0.984.